The molecule has 7 aromatic rings. The Hall–Kier alpha value is -7.29. The number of para-hydroxylation sites is 1. The summed E-state index contributed by atoms with van der Waals surface area (Å²) in [5.41, 5.74) is 10.3. The van der Waals surface area contributed by atoms with Crippen molar-refractivity contribution >= 4 is 77.8 Å². The number of hydrogen-bond acceptors (Lipinski definition) is 12. The molecule has 0 aliphatic carbocycles. The van der Waals surface area contributed by atoms with Crippen LogP contribution in [0.5, 0.6) is 5.75 Å². The minimum absolute atomic E-state index is 0.0292. The predicted molar refractivity (Wildman–Crippen MR) is 231 cm³/mol. The monoisotopic (exact) mass is 801 g/mol. The van der Waals surface area contributed by atoms with Crippen LogP contribution in [0.3, 0.4) is 0 Å². The van der Waals surface area contributed by atoms with Crippen molar-refractivity contribution < 1.29 is 18.1 Å². The molecular formula is C45H39N9O4S. The first-order valence-electron chi connectivity index (χ1n) is 18.5. The maximum Gasteiger partial charge on any atom is 0.296 e. The summed E-state index contributed by atoms with van der Waals surface area (Å²) >= 11 is 0. The molecular weight excluding hydrogens is 763 g/mol. The number of aryl methyl sites for hydroxylation is 5. The van der Waals surface area contributed by atoms with E-state index >= 15 is 0 Å². The second kappa shape index (κ2) is 17.1. The number of rotatable bonds is 11. The number of fused-ring (bicyclic) bond motifs is 1. The molecule has 294 valence electrons. The lowest BCUT2D eigenvalue weighted by Gasteiger charge is -2.09. The Labute approximate surface area is 341 Å². The van der Waals surface area contributed by atoms with E-state index in [0.29, 0.717) is 45.2 Å². The number of hydrogen-bond donors (Lipinski definition) is 3. The third kappa shape index (κ3) is 9.47. The van der Waals surface area contributed by atoms with Crippen LogP contribution in [0.2, 0.25) is 0 Å². The standard InChI is InChI=1S/C45H39N9O4S/c1-27-21-35(17-20-38(27)49-54-44-30(4)22-36(23-31(44)5)48-50-39-13-9-10-14-43(39)59(56,57)58)47-52-41-24-29(3)42(25-28(41)2)53-51-40-19-15-32-26-34(16-18-37(32)45(40)55)46-33-11-7-6-8-12-33/h6-26,46,55H,1-5H3,(H,56,57,58). The van der Waals surface area contributed by atoms with Crippen molar-refractivity contribution in [3.63, 3.8) is 0 Å². The molecule has 0 spiro atoms. The number of nitrogens with zero attached hydrogens (tertiary/aromatic N) is 8. The molecule has 0 radical (unpaired) electrons. The number of nitrogens with one attached hydrogen (secondary N) is 1. The Bertz CT molecular complexity index is 2940. The fraction of sp³-hybridized carbons (Fsp3) is 0.111. The summed E-state index contributed by atoms with van der Waals surface area (Å²) in [7, 11) is -4.45. The fourth-order valence-corrected chi connectivity index (χ4v) is 6.93. The highest BCUT2D eigenvalue weighted by Crippen LogP contribution is 2.39. The van der Waals surface area contributed by atoms with Crippen LogP contribution in [-0.4, -0.2) is 18.1 Å². The van der Waals surface area contributed by atoms with Gasteiger partial charge in [-0.15, -0.1) is 15.3 Å². The number of azo groups is 4. The summed E-state index contributed by atoms with van der Waals surface area (Å²) < 4.78 is 32.9. The SMILES string of the molecule is Cc1cc(N=Nc2ccc3cc(Nc4ccccc4)ccc3c2O)c(C)cc1N=Nc1ccc(N=Nc2c(C)cc(N=Nc3ccccc3S(=O)(=O)O)cc2C)c(C)c1. The Morgan fingerprint density at radius 3 is 1.71 bits per heavy atom. The van der Waals surface area contributed by atoms with Crippen molar-refractivity contribution in [2.24, 2.45) is 40.9 Å². The Morgan fingerprint density at radius 1 is 0.458 bits per heavy atom. The topological polar surface area (TPSA) is 186 Å². The van der Waals surface area contributed by atoms with Gasteiger partial charge in [0.05, 0.1) is 34.1 Å². The molecule has 7 aromatic carbocycles. The second-order valence-corrected chi connectivity index (χ2v) is 15.3. The lowest BCUT2D eigenvalue weighted by Crippen LogP contribution is -1.97. The number of benzene rings is 7. The van der Waals surface area contributed by atoms with Crippen molar-refractivity contribution in [2.45, 2.75) is 39.5 Å². The first-order chi connectivity index (χ1) is 28.3. The van der Waals surface area contributed by atoms with Crippen LogP contribution in [0.1, 0.15) is 27.8 Å². The molecule has 0 bridgehead atoms. The molecule has 0 unspecified atom stereocenters. The third-order valence-corrected chi connectivity index (χ3v) is 10.3. The van der Waals surface area contributed by atoms with E-state index in [9.17, 15) is 18.1 Å². The van der Waals surface area contributed by atoms with Gasteiger partial charge in [-0.2, -0.15) is 34.0 Å². The highest BCUT2D eigenvalue weighted by atomic mass is 32.2. The number of anilines is 2. The smallest absolute Gasteiger partial charge is 0.296 e. The largest absolute Gasteiger partial charge is 0.505 e. The van der Waals surface area contributed by atoms with Crippen molar-refractivity contribution in [1.29, 1.82) is 0 Å². The summed E-state index contributed by atoms with van der Waals surface area (Å²) in [5, 5.41) is 51.1. The van der Waals surface area contributed by atoms with E-state index in [-0.39, 0.29) is 16.3 Å². The van der Waals surface area contributed by atoms with Gasteiger partial charge in [-0.1, -0.05) is 36.4 Å². The van der Waals surface area contributed by atoms with Gasteiger partial charge in [0.2, 0.25) is 0 Å². The average molecular weight is 802 g/mol. The van der Waals surface area contributed by atoms with Crippen LogP contribution >= 0.6 is 0 Å². The minimum atomic E-state index is -4.45. The van der Waals surface area contributed by atoms with Crippen LogP contribution in [0, 0.1) is 34.6 Å². The van der Waals surface area contributed by atoms with E-state index in [4.69, 9.17) is 0 Å². The summed E-state index contributed by atoms with van der Waals surface area (Å²) in [6.45, 7) is 9.52. The first kappa shape index (κ1) is 39.9. The molecule has 7 rings (SSSR count). The van der Waals surface area contributed by atoms with Crippen LogP contribution in [0.25, 0.3) is 10.8 Å². The highest BCUT2D eigenvalue weighted by Gasteiger charge is 2.15. The van der Waals surface area contributed by atoms with Gasteiger partial charge in [-0.05, 0) is 159 Å². The number of phenolic OH excluding ortho intramolecular Hbond substituents is 1. The predicted octanol–water partition coefficient (Wildman–Crippen LogP) is 14.7. The zero-order valence-electron chi connectivity index (χ0n) is 32.8. The van der Waals surface area contributed by atoms with Crippen molar-refractivity contribution in [3.05, 3.63) is 155 Å². The van der Waals surface area contributed by atoms with Gasteiger partial charge in [-0.3, -0.25) is 4.55 Å². The molecule has 0 aliphatic rings. The van der Waals surface area contributed by atoms with E-state index in [1.165, 1.54) is 18.2 Å². The van der Waals surface area contributed by atoms with Crippen LogP contribution in [-0.2, 0) is 10.1 Å². The molecule has 0 saturated heterocycles. The van der Waals surface area contributed by atoms with Gasteiger partial charge >= 0.3 is 0 Å². The van der Waals surface area contributed by atoms with Crippen LogP contribution in [0.4, 0.5) is 56.9 Å². The van der Waals surface area contributed by atoms with Gasteiger partial charge in [-0.25, -0.2) is 0 Å². The second-order valence-electron chi connectivity index (χ2n) is 13.9. The molecule has 0 aliphatic heterocycles. The molecule has 14 heteroatoms. The van der Waals surface area contributed by atoms with Gasteiger partial charge in [0.15, 0.2) is 5.75 Å². The van der Waals surface area contributed by atoms with Crippen LogP contribution < -0.4 is 5.32 Å². The normalized spacial score (nSPS) is 12.2. The molecule has 59 heavy (non-hydrogen) atoms. The molecule has 0 saturated carbocycles. The zero-order chi connectivity index (χ0) is 41.7. The summed E-state index contributed by atoms with van der Waals surface area (Å²) in [6.07, 6.45) is 0. The Balaban J connectivity index is 1.02. The van der Waals surface area contributed by atoms with Gasteiger partial charge in [0.1, 0.15) is 16.3 Å². The maximum absolute atomic E-state index is 11.7. The van der Waals surface area contributed by atoms with E-state index in [1.54, 1.807) is 24.3 Å². The number of phenols is 1. The molecule has 0 amide bonds. The molecule has 13 nitrogen and oxygen atoms in total. The van der Waals surface area contributed by atoms with Gasteiger partial charge < -0.3 is 10.4 Å². The minimum Gasteiger partial charge on any atom is -0.505 e. The fourth-order valence-electron chi connectivity index (χ4n) is 6.30. The highest BCUT2D eigenvalue weighted by molar-refractivity contribution is 7.86. The van der Waals surface area contributed by atoms with Crippen molar-refractivity contribution in [3.8, 4) is 5.75 Å². The van der Waals surface area contributed by atoms with E-state index in [1.807, 2.05) is 120 Å². The average Bonchev–Trinajstić information content (AvgIpc) is 3.20. The summed E-state index contributed by atoms with van der Waals surface area (Å²) in [5.74, 6) is 0.0602. The van der Waals surface area contributed by atoms with Crippen LogP contribution in [0.15, 0.2) is 173 Å². The molecule has 0 fully saturated rings. The van der Waals surface area contributed by atoms with E-state index in [0.717, 1.165) is 44.6 Å². The lowest BCUT2D eigenvalue weighted by atomic mass is 10.1. The maximum atomic E-state index is 11.7. The van der Waals surface area contributed by atoms with Gasteiger partial charge in [0.25, 0.3) is 10.1 Å². The van der Waals surface area contributed by atoms with E-state index < -0.39 is 10.1 Å². The van der Waals surface area contributed by atoms with Crippen molar-refractivity contribution in [2.75, 3.05) is 5.32 Å². The Kier molecular flexibility index (Phi) is 11.5. The number of aromatic hydroxyl groups is 1. The Morgan fingerprint density at radius 2 is 1.02 bits per heavy atom. The summed E-state index contributed by atoms with van der Waals surface area (Å²) in [4.78, 5) is -0.322. The molecule has 0 aromatic heterocycles. The van der Waals surface area contributed by atoms with Crippen molar-refractivity contribution in [1.82, 2.24) is 0 Å². The zero-order valence-corrected chi connectivity index (χ0v) is 33.6. The molecule has 0 atom stereocenters. The first-order valence-corrected chi connectivity index (χ1v) is 19.9. The summed E-state index contributed by atoms with van der Waals surface area (Å²) in [6, 6.07) is 38.0. The quantitative estimate of drug-likeness (QED) is 0.0866. The molecule has 3 N–H and O–H groups in total. The lowest BCUT2D eigenvalue weighted by molar-refractivity contribution is 0.482. The third-order valence-electron chi connectivity index (χ3n) is 9.42. The van der Waals surface area contributed by atoms with E-state index in [2.05, 4.69) is 46.2 Å². The molecule has 0 heterocycles. The van der Waals surface area contributed by atoms with Gasteiger partial charge in [0, 0.05) is 16.8 Å².